The molecule has 0 saturated carbocycles. The van der Waals surface area contributed by atoms with Gasteiger partial charge in [-0.15, -0.1) is 0 Å². The Morgan fingerprint density at radius 1 is 1.39 bits per heavy atom. The number of rotatable bonds is 6. The fraction of sp³-hybridized carbons (Fsp3) is 0.375. The van der Waals surface area contributed by atoms with Crippen LogP contribution in [0.1, 0.15) is 11.1 Å². The lowest BCUT2D eigenvalue weighted by molar-refractivity contribution is 0.117. The van der Waals surface area contributed by atoms with Crippen molar-refractivity contribution < 1.29 is 9.84 Å². The first kappa shape index (κ1) is 17.3. The van der Waals surface area contributed by atoms with Crippen LogP contribution in [0.15, 0.2) is 29.2 Å². The average molecular weight is 338 g/mol. The van der Waals surface area contributed by atoms with E-state index < -0.39 is 11.7 Å². The van der Waals surface area contributed by atoms with Gasteiger partial charge in [0.05, 0.1) is 11.9 Å². The molecular formula is C16H20ClN3O3. The minimum Gasteiger partial charge on any atom is -0.490 e. The first-order valence-corrected chi connectivity index (χ1v) is 7.60. The van der Waals surface area contributed by atoms with E-state index in [1.165, 1.54) is 13.2 Å². The van der Waals surface area contributed by atoms with Crippen molar-refractivity contribution >= 4 is 17.3 Å². The Morgan fingerprint density at radius 2 is 2.04 bits per heavy atom. The molecular weight excluding hydrogens is 318 g/mol. The molecule has 1 atom stereocenters. The Labute approximate surface area is 139 Å². The molecule has 124 valence electrons. The van der Waals surface area contributed by atoms with E-state index >= 15 is 0 Å². The number of hydrogen-bond acceptors (Lipinski definition) is 5. The summed E-state index contributed by atoms with van der Waals surface area (Å²) in [6.45, 7) is 4.24. The van der Waals surface area contributed by atoms with Crippen molar-refractivity contribution in [2.45, 2.75) is 20.0 Å². The van der Waals surface area contributed by atoms with E-state index in [2.05, 4.69) is 10.4 Å². The number of ether oxygens (including phenoxy) is 1. The van der Waals surface area contributed by atoms with Crippen molar-refractivity contribution in [2.75, 3.05) is 18.5 Å². The summed E-state index contributed by atoms with van der Waals surface area (Å²) in [5.41, 5.74) is 2.03. The van der Waals surface area contributed by atoms with Crippen LogP contribution in [0.25, 0.3) is 0 Å². The van der Waals surface area contributed by atoms with Crippen molar-refractivity contribution in [2.24, 2.45) is 7.05 Å². The maximum atomic E-state index is 11.7. The van der Waals surface area contributed by atoms with E-state index in [0.29, 0.717) is 5.69 Å². The van der Waals surface area contributed by atoms with Gasteiger partial charge in [0.15, 0.2) is 0 Å². The molecule has 1 unspecified atom stereocenters. The first-order chi connectivity index (χ1) is 10.9. The molecule has 1 aromatic heterocycles. The standard InChI is InChI=1S/C16H20ClN3O3/c1-10-5-4-6-11(2)15(10)23-9-12(21)7-18-13-8-19-20(3)16(22)14(13)17/h4-6,8,12,18,21H,7,9H2,1-3H3. The summed E-state index contributed by atoms with van der Waals surface area (Å²) in [7, 11) is 1.52. The lowest BCUT2D eigenvalue weighted by Gasteiger charge is -2.16. The number of aromatic nitrogens is 2. The Kier molecular flexibility index (Phi) is 5.63. The van der Waals surface area contributed by atoms with E-state index in [9.17, 15) is 9.90 Å². The van der Waals surface area contributed by atoms with Gasteiger partial charge in [0.1, 0.15) is 23.5 Å². The molecule has 0 amide bonds. The topological polar surface area (TPSA) is 76.4 Å². The molecule has 2 rings (SSSR count). The number of nitrogens with zero attached hydrogens (tertiary/aromatic N) is 2. The van der Waals surface area contributed by atoms with E-state index in [1.807, 2.05) is 32.0 Å². The van der Waals surface area contributed by atoms with Crippen molar-refractivity contribution in [1.82, 2.24) is 9.78 Å². The van der Waals surface area contributed by atoms with Crippen LogP contribution >= 0.6 is 11.6 Å². The number of hydrogen-bond donors (Lipinski definition) is 2. The molecule has 0 radical (unpaired) electrons. The molecule has 7 heteroatoms. The highest BCUT2D eigenvalue weighted by molar-refractivity contribution is 6.32. The van der Waals surface area contributed by atoms with E-state index in [4.69, 9.17) is 16.3 Å². The zero-order valence-electron chi connectivity index (χ0n) is 13.3. The van der Waals surface area contributed by atoms with Crippen molar-refractivity contribution in [1.29, 1.82) is 0 Å². The summed E-state index contributed by atoms with van der Waals surface area (Å²) in [4.78, 5) is 11.7. The van der Waals surface area contributed by atoms with Crippen LogP contribution < -0.4 is 15.6 Å². The summed E-state index contributed by atoms with van der Waals surface area (Å²) < 4.78 is 6.83. The molecule has 0 aliphatic heterocycles. The Hall–Kier alpha value is -2.05. The fourth-order valence-corrected chi connectivity index (χ4v) is 2.36. The number of benzene rings is 1. The highest BCUT2D eigenvalue weighted by Gasteiger charge is 2.11. The molecule has 0 aliphatic rings. The lowest BCUT2D eigenvalue weighted by Crippen LogP contribution is -2.28. The van der Waals surface area contributed by atoms with Crippen LogP contribution in [0.4, 0.5) is 5.69 Å². The number of nitrogens with one attached hydrogen (secondary N) is 1. The van der Waals surface area contributed by atoms with Crippen LogP contribution in [-0.2, 0) is 7.05 Å². The molecule has 1 heterocycles. The molecule has 2 N–H and O–H groups in total. The number of aliphatic hydroxyl groups excluding tert-OH is 1. The maximum absolute atomic E-state index is 11.7. The van der Waals surface area contributed by atoms with E-state index in [0.717, 1.165) is 21.6 Å². The number of aliphatic hydroxyl groups is 1. The minimum atomic E-state index is -0.755. The quantitative estimate of drug-likeness (QED) is 0.842. The van der Waals surface area contributed by atoms with Gasteiger partial charge in [-0.25, -0.2) is 4.68 Å². The van der Waals surface area contributed by atoms with Gasteiger partial charge in [-0.2, -0.15) is 5.10 Å². The predicted octanol–water partition coefficient (Wildman–Crippen LogP) is 1.90. The molecule has 2 aromatic rings. The molecule has 0 spiro atoms. The second kappa shape index (κ2) is 7.48. The van der Waals surface area contributed by atoms with Crippen LogP contribution in [0.3, 0.4) is 0 Å². The Balaban J connectivity index is 1.92. The summed E-state index contributed by atoms with van der Waals surface area (Å²) >= 11 is 5.95. The number of halogens is 1. The monoisotopic (exact) mass is 337 g/mol. The van der Waals surface area contributed by atoms with Gasteiger partial charge < -0.3 is 15.2 Å². The molecule has 0 bridgehead atoms. The van der Waals surface area contributed by atoms with Crippen molar-refractivity contribution in [3.63, 3.8) is 0 Å². The molecule has 1 aromatic carbocycles. The molecule has 0 fully saturated rings. The summed E-state index contributed by atoms with van der Waals surface area (Å²) in [5, 5.41) is 16.9. The third kappa shape index (κ3) is 4.24. The van der Waals surface area contributed by atoms with Crippen LogP contribution in [-0.4, -0.2) is 34.1 Å². The largest absolute Gasteiger partial charge is 0.490 e. The predicted molar refractivity (Wildman–Crippen MR) is 90.4 cm³/mol. The van der Waals surface area contributed by atoms with Crippen LogP contribution in [0.2, 0.25) is 5.02 Å². The van der Waals surface area contributed by atoms with Gasteiger partial charge in [-0.1, -0.05) is 29.8 Å². The first-order valence-electron chi connectivity index (χ1n) is 7.23. The average Bonchev–Trinajstić information content (AvgIpc) is 2.51. The Morgan fingerprint density at radius 3 is 2.70 bits per heavy atom. The van der Waals surface area contributed by atoms with Crippen molar-refractivity contribution in [3.05, 3.63) is 50.9 Å². The van der Waals surface area contributed by atoms with Gasteiger partial charge in [0.25, 0.3) is 5.56 Å². The molecule has 23 heavy (non-hydrogen) atoms. The summed E-state index contributed by atoms with van der Waals surface area (Å²) in [6, 6.07) is 5.87. The number of anilines is 1. The van der Waals surface area contributed by atoms with Gasteiger partial charge in [0.2, 0.25) is 0 Å². The third-order valence-electron chi connectivity index (χ3n) is 3.44. The van der Waals surface area contributed by atoms with Crippen LogP contribution in [0, 0.1) is 13.8 Å². The highest BCUT2D eigenvalue weighted by atomic mass is 35.5. The number of aryl methyl sites for hydroxylation is 3. The molecule has 0 saturated heterocycles. The Bertz CT molecular complexity index is 726. The molecule has 0 aliphatic carbocycles. The maximum Gasteiger partial charge on any atom is 0.287 e. The van der Waals surface area contributed by atoms with Gasteiger partial charge in [0, 0.05) is 13.6 Å². The van der Waals surface area contributed by atoms with Gasteiger partial charge in [-0.05, 0) is 25.0 Å². The summed E-state index contributed by atoms with van der Waals surface area (Å²) in [5.74, 6) is 0.778. The third-order valence-corrected chi connectivity index (χ3v) is 3.80. The summed E-state index contributed by atoms with van der Waals surface area (Å²) in [6.07, 6.45) is 0.692. The minimum absolute atomic E-state index is 0.0466. The normalized spacial score (nSPS) is 12.0. The second-order valence-electron chi connectivity index (χ2n) is 5.37. The van der Waals surface area contributed by atoms with Gasteiger partial charge in [-0.3, -0.25) is 4.79 Å². The molecule has 6 nitrogen and oxygen atoms in total. The fourth-order valence-electron chi connectivity index (χ4n) is 2.13. The second-order valence-corrected chi connectivity index (χ2v) is 5.75. The van der Waals surface area contributed by atoms with E-state index in [-0.39, 0.29) is 18.2 Å². The lowest BCUT2D eigenvalue weighted by atomic mass is 10.1. The smallest absolute Gasteiger partial charge is 0.287 e. The SMILES string of the molecule is Cc1cccc(C)c1OCC(O)CNc1cnn(C)c(=O)c1Cl. The number of para-hydroxylation sites is 1. The van der Waals surface area contributed by atoms with Crippen molar-refractivity contribution in [3.8, 4) is 5.75 Å². The van der Waals surface area contributed by atoms with Gasteiger partial charge >= 0.3 is 0 Å². The zero-order chi connectivity index (χ0) is 17.0. The van der Waals surface area contributed by atoms with E-state index in [1.54, 1.807) is 0 Å². The zero-order valence-corrected chi connectivity index (χ0v) is 14.1. The van der Waals surface area contributed by atoms with Crippen LogP contribution in [0.5, 0.6) is 5.75 Å². The highest BCUT2D eigenvalue weighted by Crippen LogP contribution is 2.22.